The Kier molecular flexibility index (Phi) is 5.35. The third kappa shape index (κ3) is 3.54. The topological polar surface area (TPSA) is 54.0 Å². The fourth-order valence-electron chi connectivity index (χ4n) is 3.67. The Morgan fingerprint density at radius 2 is 2.21 bits per heavy atom. The first-order valence-corrected chi connectivity index (χ1v) is 9.39. The van der Waals surface area contributed by atoms with Gasteiger partial charge in [0, 0.05) is 23.9 Å². The molecule has 2 fully saturated rings. The highest BCUT2D eigenvalue weighted by Crippen LogP contribution is 2.58. The van der Waals surface area contributed by atoms with Gasteiger partial charge in [0.05, 0.1) is 15.2 Å². The molecule has 1 saturated carbocycles. The quantitative estimate of drug-likeness (QED) is 0.847. The van der Waals surface area contributed by atoms with E-state index in [9.17, 15) is 4.79 Å². The number of hydrogen-bond donors (Lipinski definition) is 2. The van der Waals surface area contributed by atoms with E-state index in [4.69, 9.17) is 11.6 Å². The summed E-state index contributed by atoms with van der Waals surface area (Å²) in [4.78, 5) is 16.9. The largest absolute Gasteiger partial charge is 0.355 e. The lowest BCUT2D eigenvalue weighted by Crippen LogP contribution is -2.34. The molecule has 2 aromatic rings. The third-order valence-electron chi connectivity index (χ3n) is 5.14. The highest BCUT2D eigenvalue weighted by atomic mass is 35.5. The molecule has 1 saturated heterocycles. The van der Waals surface area contributed by atoms with Gasteiger partial charge in [-0.15, -0.1) is 23.7 Å². The van der Waals surface area contributed by atoms with Crippen LogP contribution in [0.1, 0.15) is 24.3 Å². The first-order chi connectivity index (χ1) is 11.2. The predicted molar refractivity (Wildman–Crippen MR) is 101 cm³/mol. The molecule has 24 heavy (non-hydrogen) atoms. The molecule has 4 rings (SSSR count). The fraction of sp³-hybridized carbons (Fsp3) is 0.529. The lowest BCUT2D eigenvalue weighted by molar-refractivity contribution is -0.123. The van der Waals surface area contributed by atoms with Crippen LogP contribution in [0.25, 0.3) is 10.2 Å². The Morgan fingerprint density at radius 3 is 3.00 bits per heavy atom. The van der Waals surface area contributed by atoms with Crippen LogP contribution in [-0.2, 0) is 11.2 Å². The molecule has 1 spiro atoms. The van der Waals surface area contributed by atoms with Gasteiger partial charge in [-0.05, 0) is 56.0 Å². The fourth-order valence-corrected chi connectivity index (χ4v) is 4.78. The molecule has 0 bridgehead atoms. The van der Waals surface area contributed by atoms with Crippen LogP contribution in [0.5, 0.6) is 0 Å². The number of halogens is 2. The minimum atomic E-state index is 0. The van der Waals surface area contributed by atoms with E-state index in [1.807, 2.05) is 18.2 Å². The minimum absolute atomic E-state index is 0. The number of rotatable bonds is 4. The zero-order valence-corrected chi connectivity index (χ0v) is 15.7. The predicted octanol–water partition coefficient (Wildman–Crippen LogP) is 3.42. The van der Waals surface area contributed by atoms with Gasteiger partial charge in [0.1, 0.15) is 0 Å². The van der Waals surface area contributed by atoms with Crippen molar-refractivity contribution in [3.05, 3.63) is 28.2 Å². The van der Waals surface area contributed by atoms with Crippen molar-refractivity contribution >= 4 is 51.5 Å². The van der Waals surface area contributed by atoms with Crippen LogP contribution < -0.4 is 10.6 Å². The molecular weight excluding hydrogens is 365 g/mol. The Morgan fingerprint density at radius 1 is 1.42 bits per heavy atom. The van der Waals surface area contributed by atoms with E-state index in [1.54, 1.807) is 11.3 Å². The molecule has 2 heterocycles. The van der Waals surface area contributed by atoms with Gasteiger partial charge in [0.2, 0.25) is 5.91 Å². The number of hydrogen-bond acceptors (Lipinski definition) is 4. The lowest BCUT2D eigenvalue weighted by atomic mass is 9.92. The Balaban J connectivity index is 0.00000169. The van der Waals surface area contributed by atoms with E-state index < -0.39 is 0 Å². The first-order valence-electron chi connectivity index (χ1n) is 8.20. The Labute approximate surface area is 156 Å². The maximum Gasteiger partial charge on any atom is 0.223 e. The zero-order chi connectivity index (χ0) is 15.9. The van der Waals surface area contributed by atoms with E-state index in [-0.39, 0.29) is 24.2 Å². The van der Waals surface area contributed by atoms with Crippen LogP contribution in [0.15, 0.2) is 18.2 Å². The average Bonchev–Trinajstić information content (AvgIpc) is 3.07. The average molecular weight is 386 g/mol. The summed E-state index contributed by atoms with van der Waals surface area (Å²) < 4.78 is 1.14. The van der Waals surface area contributed by atoms with Crippen LogP contribution in [0.2, 0.25) is 5.02 Å². The van der Waals surface area contributed by atoms with Crippen LogP contribution >= 0.6 is 35.3 Å². The van der Waals surface area contributed by atoms with Crippen LogP contribution in [-0.4, -0.2) is 30.5 Å². The van der Waals surface area contributed by atoms with Crippen LogP contribution in [0.3, 0.4) is 0 Å². The van der Waals surface area contributed by atoms with Crippen molar-refractivity contribution in [2.75, 3.05) is 19.6 Å². The molecule has 1 aromatic heterocycles. The van der Waals surface area contributed by atoms with Crippen molar-refractivity contribution in [1.82, 2.24) is 15.6 Å². The molecule has 1 unspecified atom stereocenters. The maximum absolute atomic E-state index is 12.3. The zero-order valence-electron chi connectivity index (χ0n) is 13.3. The number of nitrogens with one attached hydrogen (secondary N) is 2. The van der Waals surface area contributed by atoms with Crippen molar-refractivity contribution < 1.29 is 4.79 Å². The van der Waals surface area contributed by atoms with Crippen molar-refractivity contribution in [3.8, 4) is 0 Å². The summed E-state index contributed by atoms with van der Waals surface area (Å²) in [5, 5.41) is 8.24. The van der Waals surface area contributed by atoms with E-state index in [1.165, 1.54) is 0 Å². The van der Waals surface area contributed by atoms with Gasteiger partial charge < -0.3 is 10.6 Å². The smallest absolute Gasteiger partial charge is 0.223 e. The summed E-state index contributed by atoms with van der Waals surface area (Å²) in [7, 11) is 0. The SMILES string of the molecule is Cl.O=C(NCCc1nc2cc(Cl)ccc2s1)C1CC12CCNCC2. The van der Waals surface area contributed by atoms with Gasteiger partial charge >= 0.3 is 0 Å². The van der Waals surface area contributed by atoms with Gasteiger partial charge in [0.25, 0.3) is 0 Å². The van der Waals surface area contributed by atoms with Crippen molar-refractivity contribution in [1.29, 1.82) is 0 Å². The highest BCUT2D eigenvalue weighted by molar-refractivity contribution is 7.18. The number of carbonyl (C=O) groups is 1. The van der Waals surface area contributed by atoms with E-state index in [2.05, 4.69) is 15.6 Å². The molecule has 1 amide bonds. The second kappa shape index (κ2) is 7.16. The van der Waals surface area contributed by atoms with Crippen LogP contribution in [0, 0.1) is 11.3 Å². The Bertz CT molecular complexity index is 743. The van der Waals surface area contributed by atoms with Crippen molar-refractivity contribution in [2.45, 2.75) is 25.7 Å². The molecule has 1 aromatic carbocycles. The molecule has 1 aliphatic carbocycles. The standard InChI is InChI=1S/C17H20ClN3OS.ClH/c18-11-1-2-14-13(9-11)21-15(23-14)3-6-20-16(22)12-10-17(12)4-7-19-8-5-17;/h1-2,9,12,19H,3-8,10H2,(H,20,22);1H. The molecule has 4 nitrogen and oxygen atoms in total. The Hall–Kier alpha value is -0.880. The van der Waals surface area contributed by atoms with E-state index in [0.29, 0.717) is 17.0 Å². The summed E-state index contributed by atoms with van der Waals surface area (Å²) >= 11 is 7.66. The molecule has 0 radical (unpaired) electrons. The molecule has 7 heteroatoms. The number of thiazole rings is 1. The highest BCUT2D eigenvalue weighted by Gasteiger charge is 2.57. The molecule has 2 N–H and O–H groups in total. The number of nitrogens with zero attached hydrogens (tertiary/aromatic N) is 1. The second-order valence-electron chi connectivity index (χ2n) is 6.63. The number of benzene rings is 1. The third-order valence-corrected chi connectivity index (χ3v) is 6.47. The number of amides is 1. The number of carbonyl (C=O) groups excluding carboxylic acids is 1. The molecule has 2 aliphatic rings. The van der Waals surface area contributed by atoms with Gasteiger partial charge in [-0.25, -0.2) is 4.98 Å². The number of aromatic nitrogens is 1. The van der Waals surface area contributed by atoms with Crippen molar-refractivity contribution in [2.24, 2.45) is 11.3 Å². The first kappa shape index (κ1) is 17.9. The summed E-state index contributed by atoms with van der Waals surface area (Å²) in [6.45, 7) is 2.77. The summed E-state index contributed by atoms with van der Waals surface area (Å²) in [5.74, 6) is 0.467. The molecule has 1 aliphatic heterocycles. The number of fused-ring (bicyclic) bond motifs is 1. The molecule has 130 valence electrons. The van der Waals surface area contributed by atoms with Gasteiger partial charge in [-0.2, -0.15) is 0 Å². The van der Waals surface area contributed by atoms with E-state index >= 15 is 0 Å². The number of piperidine rings is 1. The summed E-state index contributed by atoms with van der Waals surface area (Å²) in [6, 6.07) is 5.78. The monoisotopic (exact) mass is 385 g/mol. The lowest BCUT2D eigenvalue weighted by Gasteiger charge is -2.23. The van der Waals surface area contributed by atoms with Gasteiger partial charge in [-0.3, -0.25) is 4.79 Å². The van der Waals surface area contributed by atoms with Crippen molar-refractivity contribution in [3.63, 3.8) is 0 Å². The van der Waals surface area contributed by atoms with E-state index in [0.717, 1.165) is 54.0 Å². The summed E-state index contributed by atoms with van der Waals surface area (Å²) in [5.41, 5.74) is 1.25. The second-order valence-corrected chi connectivity index (χ2v) is 8.18. The maximum atomic E-state index is 12.3. The summed E-state index contributed by atoms with van der Waals surface area (Å²) in [6.07, 6.45) is 4.14. The van der Waals surface area contributed by atoms with Gasteiger partial charge in [-0.1, -0.05) is 11.6 Å². The normalized spacial score (nSPS) is 21.5. The minimum Gasteiger partial charge on any atom is -0.355 e. The van der Waals surface area contributed by atoms with Crippen LogP contribution in [0.4, 0.5) is 0 Å². The molecule has 1 atom stereocenters. The van der Waals surface area contributed by atoms with Gasteiger partial charge in [0.15, 0.2) is 0 Å². The molecular formula is C17H21Cl2N3OS.